The Hall–Kier alpha value is -3.55. The number of nitriles is 1. The monoisotopic (exact) mass is 460 g/mol. The van der Waals surface area contributed by atoms with Gasteiger partial charge in [-0.3, -0.25) is 4.68 Å². The van der Waals surface area contributed by atoms with Gasteiger partial charge in [-0.2, -0.15) is 10.4 Å². The average molecular weight is 461 g/mol. The van der Waals surface area contributed by atoms with Crippen LogP contribution in [0.15, 0.2) is 65.7 Å². The molecule has 168 valence electrons. The van der Waals surface area contributed by atoms with Crippen LogP contribution in [0.1, 0.15) is 24.9 Å². The van der Waals surface area contributed by atoms with E-state index in [1.807, 2.05) is 64.7 Å². The molecular weight excluding hydrogens is 436 g/mol. The van der Waals surface area contributed by atoms with E-state index in [4.69, 9.17) is 0 Å². The second-order valence-corrected chi connectivity index (χ2v) is 10.7. The number of H-pyrrole nitrogens is 1. The number of aromatic amines is 1. The van der Waals surface area contributed by atoms with E-state index in [-0.39, 0.29) is 12.5 Å². The minimum Gasteiger partial charge on any atom is -0.346 e. The van der Waals surface area contributed by atoms with Crippen LogP contribution in [-0.4, -0.2) is 52.6 Å². The van der Waals surface area contributed by atoms with Gasteiger partial charge < -0.3 is 4.98 Å². The third-order valence-electron chi connectivity index (χ3n) is 6.16. The van der Waals surface area contributed by atoms with Crippen molar-refractivity contribution in [2.75, 3.05) is 19.3 Å². The number of benzene rings is 1. The van der Waals surface area contributed by atoms with Gasteiger partial charge in [0.15, 0.2) is 0 Å². The highest BCUT2D eigenvalue weighted by Crippen LogP contribution is 2.36. The summed E-state index contributed by atoms with van der Waals surface area (Å²) < 4.78 is 21.7. The SMILES string of the molecule is C[C@@H](N=[S@](C)(=O)N1CC(CC#N)(n2cc(-c3ncnc4[nH]ccc34)cn2)C1)c1ccccc1. The fourth-order valence-corrected chi connectivity index (χ4v) is 6.10. The molecule has 3 aromatic heterocycles. The van der Waals surface area contributed by atoms with Crippen molar-refractivity contribution >= 4 is 20.9 Å². The van der Waals surface area contributed by atoms with Crippen LogP contribution in [0, 0.1) is 11.3 Å². The number of hydrogen-bond acceptors (Lipinski definition) is 6. The molecule has 0 amide bonds. The lowest BCUT2D eigenvalue weighted by atomic mass is 9.89. The second kappa shape index (κ2) is 8.10. The van der Waals surface area contributed by atoms with E-state index in [1.165, 1.54) is 6.33 Å². The van der Waals surface area contributed by atoms with Gasteiger partial charge in [0.2, 0.25) is 0 Å². The summed E-state index contributed by atoms with van der Waals surface area (Å²) >= 11 is 0. The molecule has 0 bridgehead atoms. The molecule has 0 unspecified atom stereocenters. The van der Waals surface area contributed by atoms with Crippen molar-refractivity contribution in [2.45, 2.75) is 24.9 Å². The summed E-state index contributed by atoms with van der Waals surface area (Å²) in [5.74, 6) is 0. The van der Waals surface area contributed by atoms with Gasteiger partial charge in [-0.05, 0) is 18.6 Å². The lowest BCUT2D eigenvalue weighted by molar-refractivity contribution is 0.0753. The molecule has 0 aliphatic carbocycles. The van der Waals surface area contributed by atoms with E-state index in [0.717, 1.165) is 27.9 Å². The van der Waals surface area contributed by atoms with Crippen molar-refractivity contribution in [2.24, 2.45) is 4.36 Å². The van der Waals surface area contributed by atoms with E-state index >= 15 is 0 Å². The number of aromatic nitrogens is 5. The van der Waals surface area contributed by atoms with Crippen molar-refractivity contribution in [1.82, 2.24) is 29.0 Å². The third-order valence-corrected chi connectivity index (χ3v) is 8.08. The zero-order chi connectivity index (χ0) is 23.1. The van der Waals surface area contributed by atoms with Gasteiger partial charge in [0.05, 0.1) is 30.4 Å². The molecule has 1 aliphatic heterocycles. The van der Waals surface area contributed by atoms with Crippen molar-refractivity contribution in [3.63, 3.8) is 0 Å². The molecule has 4 aromatic rings. The maximum Gasteiger partial charge on any atom is 0.141 e. The highest BCUT2D eigenvalue weighted by molar-refractivity contribution is 7.90. The van der Waals surface area contributed by atoms with Crippen LogP contribution in [0.3, 0.4) is 0 Å². The lowest BCUT2D eigenvalue weighted by Gasteiger charge is -2.48. The maximum atomic E-state index is 13.4. The van der Waals surface area contributed by atoms with Crippen molar-refractivity contribution in [1.29, 1.82) is 5.26 Å². The predicted molar refractivity (Wildman–Crippen MR) is 126 cm³/mol. The molecule has 9 nitrogen and oxygen atoms in total. The molecule has 10 heteroatoms. The highest BCUT2D eigenvalue weighted by Gasteiger charge is 2.48. The van der Waals surface area contributed by atoms with Crippen LogP contribution in [0.25, 0.3) is 22.3 Å². The number of nitrogens with zero attached hydrogens (tertiary/aromatic N) is 7. The molecule has 0 radical (unpaired) electrons. The number of rotatable bonds is 6. The normalized spacial score (nSPS) is 18.2. The molecule has 2 atom stereocenters. The van der Waals surface area contributed by atoms with E-state index in [9.17, 15) is 9.47 Å². The standard InChI is InChI=1S/C23H24N8OS/c1-17(18-6-4-3-5-7-18)29-33(2,32)30-14-23(15-30,9-10-24)31-13-19(12-28-31)21-20-8-11-25-22(20)27-16-26-21/h3-8,11-13,16-17H,9,14-15H2,1-2H3,(H,25,26,27)/t17-,33+/m1/s1. The Morgan fingerprint density at radius 3 is 2.82 bits per heavy atom. The Morgan fingerprint density at radius 1 is 1.27 bits per heavy atom. The molecule has 1 fully saturated rings. The smallest absolute Gasteiger partial charge is 0.141 e. The summed E-state index contributed by atoms with van der Waals surface area (Å²) in [5.41, 5.74) is 2.85. The van der Waals surface area contributed by atoms with Crippen LogP contribution in [0.4, 0.5) is 0 Å². The predicted octanol–water partition coefficient (Wildman–Crippen LogP) is 3.52. The van der Waals surface area contributed by atoms with Gasteiger partial charge in [-0.15, -0.1) is 0 Å². The first-order valence-electron chi connectivity index (χ1n) is 10.6. The molecule has 5 rings (SSSR count). The topological polar surface area (TPSA) is 116 Å². The van der Waals surface area contributed by atoms with Gasteiger partial charge in [0.1, 0.15) is 27.4 Å². The van der Waals surface area contributed by atoms with Crippen LogP contribution in [0.5, 0.6) is 0 Å². The van der Waals surface area contributed by atoms with Gasteiger partial charge in [0, 0.05) is 42.7 Å². The molecule has 1 saturated heterocycles. The fraction of sp³-hybridized carbons (Fsp3) is 0.304. The van der Waals surface area contributed by atoms with E-state index in [2.05, 4.69) is 30.5 Å². The van der Waals surface area contributed by atoms with Crippen molar-refractivity contribution in [3.05, 3.63) is 66.9 Å². The summed E-state index contributed by atoms with van der Waals surface area (Å²) in [6.07, 6.45) is 8.93. The van der Waals surface area contributed by atoms with Gasteiger partial charge in [0.25, 0.3) is 0 Å². The Bertz CT molecular complexity index is 1450. The number of fused-ring (bicyclic) bond motifs is 1. The van der Waals surface area contributed by atoms with E-state index < -0.39 is 15.5 Å². The van der Waals surface area contributed by atoms with Crippen LogP contribution in [0.2, 0.25) is 0 Å². The molecule has 0 saturated carbocycles. The second-order valence-electron chi connectivity index (χ2n) is 8.45. The average Bonchev–Trinajstić information content (AvgIpc) is 3.46. The first-order chi connectivity index (χ1) is 15.9. The zero-order valence-corrected chi connectivity index (χ0v) is 19.2. The summed E-state index contributed by atoms with van der Waals surface area (Å²) in [6, 6.07) is 13.9. The van der Waals surface area contributed by atoms with Gasteiger partial charge in [-0.1, -0.05) is 30.3 Å². The first-order valence-corrected chi connectivity index (χ1v) is 12.5. The quantitative estimate of drug-likeness (QED) is 0.473. The summed E-state index contributed by atoms with van der Waals surface area (Å²) in [4.78, 5) is 11.8. The molecule has 4 heterocycles. The van der Waals surface area contributed by atoms with E-state index in [0.29, 0.717) is 13.1 Å². The molecule has 0 spiro atoms. The number of nitrogens with one attached hydrogen (secondary N) is 1. The summed E-state index contributed by atoms with van der Waals surface area (Å²) in [6.45, 7) is 2.82. The Kier molecular flexibility index (Phi) is 5.23. The summed E-state index contributed by atoms with van der Waals surface area (Å²) in [7, 11) is -2.60. The molecule has 1 aromatic carbocycles. The largest absolute Gasteiger partial charge is 0.346 e. The van der Waals surface area contributed by atoms with Crippen LogP contribution >= 0.6 is 0 Å². The highest BCUT2D eigenvalue weighted by atomic mass is 32.2. The Labute approximate surface area is 192 Å². The molecule has 1 N–H and O–H groups in total. The Morgan fingerprint density at radius 2 is 2.06 bits per heavy atom. The van der Waals surface area contributed by atoms with Gasteiger partial charge in [-0.25, -0.2) is 22.8 Å². The van der Waals surface area contributed by atoms with Crippen molar-refractivity contribution in [3.8, 4) is 17.3 Å². The zero-order valence-electron chi connectivity index (χ0n) is 18.4. The summed E-state index contributed by atoms with van der Waals surface area (Å²) in [5, 5.41) is 15.0. The van der Waals surface area contributed by atoms with Crippen LogP contribution in [-0.2, 0) is 15.5 Å². The van der Waals surface area contributed by atoms with Crippen molar-refractivity contribution < 1.29 is 4.21 Å². The maximum absolute atomic E-state index is 13.4. The van der Waals surface area contributed by atoms with E-state index in [1.54, 1.807) is 12.5 Å². The minimum atomic E-state index is -2.60. The fourth-order valence-electron chi connectivity index (χ4n) is 4.29. The van der Waals surface area contributed by atoms with Gasteiger partial charge >= 0.3 is 0 Å². The Balaban J connectivity index is 1.41. The lowest BCUT2D eigenvalue weighted by Crippen LogP contribution is -2.63. The van der Waals surface area contributed by atoms with Crippen LogP contribution < -0.4 is 0 Å². The minimum absolute atomic E-state index is 0.188. The number of hydrogen-bond donors (Lipinski definition) is 1. The molecule has 1 aliphatic rings. The molecular formula is C23H24N8OS. The first kappa shape index (κ1) is 21.3. The molecule has 33 heavy (non-hydrogen) atoms. The third kappa shape index (κ3) is 3.79.